The summed E-state index contributed by atoms with van der Waals surface area (Å²) in [6.07, 6.45) is 0.962. The maximum atomic E-state index is 11.5. The van der Waals surface area contributed by atoms with E-state index >= 15 is 0 Å². The van der Waals surface area contributed by atoms with Gasteiger partial charge in [-0.05, 0) is 18.4 Å². The molecule has 102 valence electrons. The predicted molar refractivity (Wildman–Crippen MR) is 71.3 cm³/mol. The van der Waals surface area contributed by atoms with Crippen molar-refractivity contribution in [3.63, 3.8) is 0 Å². The van der Waals surface area contributed by atoms with Gasteiger partial charge in [0.05, 0.1) is 6.61 Å². The summed E-state index contributed by atoms with van der Waals surface area (Å²) in [7, 11) is 0. The van der Waals surface area contributed by atoms with Crippen LogP contribution in [-0.2, 0) is 11.5 Å². The summed E-state index contributed by atoms with van der Waals surface area (Å²) in [5, 5.41) is 11.2. The Morgan fingerprint density at radius 2 is 2.32 bits per heavy atom. The highest BCUT2D eigenvalue weighted by Gasteiger charge is 2.12. The van der Waals surface area contributed by atoms with E-state index in [1.807, 2.05) is 17.5 Å². The fraction of sp³-hybridized carbons (Fsp3) is 0.333. The van der Waals surface area contributed by atoms with Crippen LogP contribution >= 0.6 is 11.3 Å². The topological polar surface area (TPSA) is 84.3 Å². The highest BCUT2D eigenvalue weighted by Crippen LogP contribution is 2.22. The Balaban J connectivity index is 2.12. The minimum Gasteiger partial charge on any atom is -0.393 e. The Bertz CT molecular complexity index is 644. The van der Waals surface area contributed by atoms with Gasteiger partial charge in [0.25, 0.3) is 5.56 Å². The van der Waals surface area contributed by atoms with Crippen LogP contribution in [0.4, 0.5) is 0 Å². The summed E-state index contributed by atoms with van der Waals surface area (Å²) in [4.78, 5) is 25.9. The average Bonchev–Trinajstić information content (AvgIpc) is 2.90. The Morgan fingerprint density at radius 3 is 2.95 bits per heavy atom. The predicted octanol–water partition coefficient (Wildman–Crippen LogP) is 0.614. The molecule has 6 nitrogen and oxygen atoms in total. The van der Waals surface area contributed by atoms with Crippen molar-refractivity contribution < 1.29 is 9.84 Å². The van der Waals surface area contributed by atoms with Crippen LogP contribution in [-0.4, -0.2) is 21.3 Å². The van der Waals surface area contributed by atoms with E-state index in [1.54, 1.807) is 6.92 Å². The number of aryl methyl sites for hydroxylation is 1. The fourth-order valence-electron chi connectivity index (χ4n) is 1.58. The number of aromatic amines is 1. The highest BCUT2D eigenvalue weighted by molar-refractivity contribution is 7.10. The third-order valence-corrected chi connectivity index (χ3v) is 3.59. The molecule has 1 atom stereocenters. The third-order valence-electron chi connectivity index (χ3n) is 2.63. The molecule has 0 aliphatic heterocycles. The van der Waals surface area contributed by atoms with Gasteiger partial charge in [0.1, 0.15) is 12.8 Å². The van der Waals surface area contributed by atoms with Gasteiger partial charge in [-0.25, -0.2) is 4.79 Å². The van der Waals surface area contributed by atoms with Crippen LogP contribution in [0.2, 0.25) is 0 Å². The van der Waals surface area contributed by atoms with Crippen molar-refractivity contribution in [2.24, 2.45) is 0 Å². The first-order valence-electron chi connectivity index (χ1n) is 5.68. The molecule has 0 saturated heterocycles. The number of rotatable bonds is 5. The van der Waals surface area contributed by atoms with Crippen molar-refractivity contribution in [3.05, 3.63) is 55.0 Å². The monoisotopic (exact) mass is 282 g/mol. The third kappa shape index (κ3) is 3.19. The minimum atomic E-state index is -0.529. The fourth-order valence-corrected chi connectivity index (χ4v) is 2.35. The molecule has 0 aliphatic rings. The standard InChI is InChI=1S/C12H14N2O4S/c1-8-5-14(12(17)13-11(8)16)7-18-9(6-15)10-3-2-4-19-10/h2-5,9,15H,6-7H2,1H3,(H,13,16,17). The number of aromatic nitrogens is 2. The molecule has 2 N–H and O–H groups in total. The number of hydrogen-bond donors (Lipinski definition) is 2. The van der Waals surface area contributed by atoms with Crippen LogP contribution in [0.3, 0.4) is 0 Å². The molecule has 1 unspecified atom stereocenters. The summed E-state index contributed by atoms with van der Waals surface area (Å²) in [5.41, 5.74) is -0.503. The zero-order valence-corrected chi connectivity index (χ0v) is 11.1. The molecule has 0 spiro atoms. The Labute approximate surface area is 112 Å². The van der Waals surface area contributed by atoms with E-state index in [4.69, 9.17) is 4.74 Å². The lowest BCUT2D eigenvalue weighted by atomic mass is 10.3. The van der Waals surface area contributed by atoms with Gasteiger partial charge in [0.15, 0.2) is 0 Å². The van der Waals surface area contributed by atoms with Gasteiger partial charge in [0.2, 0.25) is 0 Å². The smallest absolute Gasteiger partial charge is 0.330 e. The molecule has 0 amide bonds. The average molecular weight is 282 g/mol. The van der Waals surface area contributed by atoms with E-state index in [9.17, 15) is 14.7 Å². The van der Waals surface area contributed by atoms with Crippen LogP contribution in [0.15, 0.2) is 33.3 Å². The number of aliphatic hydroxyl groups excluding tert-OH is 1. The molecule has 0 saturated carbocycles. The summed E-state index contributed by atoms with van der Waals surface area (Å²) < 4.78 is 6.76. The molecule has 0 bridgehead atoms. The van der Waals surface area contributed by atoms with Crippen LogP contribution in [0, 0.1) is 6.92 Å². The van der Waals surface area contributed by atoms with E-state index in [0.29, 0.717) is 5.56 Å². The van der Waals surface area contributed by atoms with Crippen LogP contribution < -0.4 is 11.2 Å². The molecule has 7 heteroatoms. The van der Waals surface area contributed by atoms with Crippen molar-refractivity contribution in [3.8, 4) is 0 Å². The van der Waals surface area contributed by atoms with Crippen LogP contribution in [0.1, 0.15) is 16.5 Å². The summed E-state index contributed by atoms with van der Waals surface area (Å²) in [6.45, 7) is 1.41. The first-order valence-corrected chi connectivity index (χ1v) is 6.56. The van der Waals surface area contributed by atoms with E-state index in [0.717, 1.165) is 4.88 Å². The van der Waals surface area contributed by atoms with Crippen LogP contribution in [0.25, 0.3) is 0 Å². The quantitative estimate of drug-likeness (QED) is 0.841. The maximum absolute atomic E-state index is 11.5. The normalized spacial score (nSPS) is 12.5. The SMILES string of the molecule is Cc1cn(COC(CO)c2cccs2)c(=O)[nH]c1=O. The number of H-pyrrole nitrogens is 1. The van der Waals surface area contributed by atoms with Gasteiger partial charge in [-0.15, -0.1) is 11.3 Å². The molecule has 2 rings (SSSR count). The lowest BCUT2D eigenvalue weighted by Gasteiger charge is -2.14. The number of ether oxygens (including phenoxy) is 1. The lowest BCUT2D eigenvalue weighted by molar-refractivity contribution is -0.0253. The van der Waals surface area contributed by atoms with Crippen molar-refractivity contribution in [1.82, 2.24) is 9.55 Å². The first kappa shape index (κ1) is 13.7. The van der Waals surface area contributed by atoms with E-state index in [2.05, 4.69) is 4.98 Å². The number of nitrogens with one attached hydrogen (secondary N) is 1. The molecule has 2 aromatic heterocycles. The van der Waals surface area contributed by atoms with Gasteiger partial charge in [0, 0.05) is 16.6 Å². The maximum Gasteiger partial charge on any atom is 0.330 e. The molecule has 2 aromatic rings. The second kappa shape index (κ2) is 5.96. The number of hydrogen-bond acceptors (Lipinski definition) is 5. The number of thiophene rings is 1. The second-order valence-electron chi connectivity index (χ2n) is 4.02. The first-order chi connectivity index (χ1) is 9.11. The lowest BCUT2D eigenvalue weighted by Crippen LogP contribution is -2.31. The van der Waals surface area contributed by atoms with E-state index in [-0.39, 0.29) is 13.3 Å². The second-order valence-corrected chi connectivity index (χ2v) is 5.00. The van der Waals surface area contributed by atoms with Crippen molar-refractivity contribution in [1.29, 1.82) is 0 Å². The molecular weight excluding hydrogens is 268 g/mol. The molecule has 0 aliphatic carbocycles. The highest BCUT2D eigenvalue weighted by atomic mass is 32.1. The molecule has 0 aromatic carbocycles. The molecule has 0 fully saturated rings. The molecule has 19 heavy (non-hydrogen) atoms. The molecular formula is C12H14N2O4S. The Hall–Kier alpha value is -1.70. The summed E-state index contributed by atoms with van der Waals surface area (Å²) in [6, 6.07) is 3.72. The summed E-state index contributed by atoms with van der Waals surface area (Å²) >= 11 is 1.47. The Morgan fingerprint density at radius 1 is 1.53 bits per heavy atom. The molecule has 2 heterocycles. The molecule has 0 radical (unpaired) electrons. The largest absolute Gasteiger partial charge is 0.393 e. The zero-order valence-electron chi connectivity index (χ0n) is 10.3. The van der Waals surface area contributed by atoms with Gasteiger partial charge in [-0.2, -0.15) is 0 Å². The van der Waals surface area contributed by atoms with Crippen molar-refractivity contribution in [2.45, 2.75) is 19.8 Å². The van der Waals surface area contributed by atoms with Crippen molar-refractivity contribution >= 4 is 11.3 Å². The van der Waals surface area contributed by atoms with Gasteiger partial charge in [-0.1, -0.05) is 6.07 Å². The summed E-state index contributed by atoms with van der Waals surface area (Å²) in [5.74, 6) is 0. The zero-order chi connectivity index (χ0) is 13.8. The van der Waals surface area contributed by atoms with Crippen molar-refractivity contribution in [2.75, 3.05) is 6.61 Å². The van der Waals surface area contributed by atoms with Gasteiger partial charge >= 0.3 is 5.69 Å². The van der Waals surface area contributed by atoms with E-state index < -0.39 is 17.4 Å². The van der Waals surface area contributed by atoms with Crippen LogP contribution in [0.5, 0.6) is 0 Å². The minimum absolute atomic E-state index is 0.0282. The van der Waals surface area contributed by atoms with Gasteiger partial charge < -0.3 is 9.84 Å². The number of aliphatic hydroxyl groups is 1. The number of nitrogens with zero attached hydrogens (tertiary/aromatic N) is 1. The Kier molecular flexibility index (Phi) is 4.31. The van der Waals surface area contributed by atoms with E-state index in [1.165, 1.54) is 22.1 Å². The van der Waals surface area contributed by atoms with Gasteiger partial charge in [-0.3, -0.25) is 14.3 Å².